The third kappa shape index (κ3) is 4.33. The summed E-state index contributed by atoms with van der Waals surface area (Å²) in [4.78, 5) is 14.0. The van der Waals surface area contributed by atoms with Gasteiger partial charge in [-0.05, 0) is 42.7 Å². The normalized spacial score (nSPS) is 15.8. The fourth-order valence-electron chi connectivity index (χ4n) is 2.99. The van der Waals surface area contributed by atoms with E-state index in [1.165, 1.54) is 10.5 Å². The van der Waals surface area contributed by atoms with Crippen LogP contribution in [-0.2, 0) is 0 Å². The molecule has 138 valence electrons. The van der Waals surface area contributed by atoms with Gasteiger partial charge in [0.15, 0.2) is 11.5 Å². The number of benzene rings is 2. The van der Waals surface area contributed by atoms with E-state index in [4.69, 9.17) is 9.47 Å². The number of amides is 1. The van der Waals surface area contributed by atoms with Crippen LogP contribution in [0.25, 0.3) is 0 Å². The number of ether oxygens (including phenoxy) is 2. The molecule has 0 bridgehead atoms. The molecular weight excluding hydrogens is 346 g/mol. The van der Waals surface area contributed by atoms with Crippen LogP contribution in [0.3, 0.4) is 0 Å². The summed E-state index contributed by atoms with van der Waals surface area (Å²) in [6.45, 7) is 2.77. The van der Waals surface area contributed by atoms with Crippen molar-refractivity contribution < 1.29 is 14.3 Å². The molecule has 1 aliphatic heterocycles. The molecule has 1 unspecified atom stereocenters. The maximum absolute atomic E-state index is 12.7. The Bertz CT molecular complexity index is 763. The molecule has 0 radical (unpaired) electrons. The minimum Gasteiger partial charge on any atom is -0.493 e. The fourth-order valence-corrected chi connectivity index (χ4v) is 4.11. The number of hydrogen-bond donors (Lipinski definition) is 1. The Morgan fingerprint density at radius 3 is 2.88 bits per heavy atom. The number of unbranched alkanes of at least 4 members (excludes halogenated alkanes) is 1. The highest BCUT2D eigenvalue weighted by atomic mass is 32.2. The lowest BCUT2D eigenvalue weighted by atomic mass is 10.0. The first-order chi connectivity index (χ1) is 12.7. The number of methoxy groups -OCH3 is 1. The number of carbonyl (C=O) groups is 1. The first kappa shape index (κ1) is 18.6. The molecule has 5 heteroatoms. The van der Waals surface area contributed by atoms with Crippen LogP contribution in [0.4, 0.5) is 0 Å². The number of nitrogens with one attached hydrogen (secondary N) is 1. The molecule has 1 N–H and O–H groups in total. The zero-order valence-electron chi connectivity index (χ0n) is 15.3. The van der Waals surface area contributed by atoms with Crippen molar-refractivity contribution in [2.45, 2.75) is 37.1 Å². The topological polar surface area (TPSA) is 47.6 Å². The highest BCUT2D eigenvalue weighted by Crippen LogP contribution is 2.36. The summed E-state index contributed by atoms with van der Waals surface area (Å²) in [6, 6.07) is 13.7. The van der Waals surface area contributed by atoms with E-state index in [2.05, 4.69) is 24.4 Å². The number of fused-ring (bicyclic) bond motifs is 1. The molecule has 1 atom stereocenters. The van der Waals surface area contributed by atoms with Crippen LogP contribution >= 0.6 is 11.8 Å². The first-order valence-electron chi connectivity index (χ1n) is 9.06. The zero-order chi connectivity index (χ0) is 18.4. The van der Waals surface area contributed by atoms with Crippen LogP contribution in [-0.4, -0.2) is 25.4 Å². The number of thioether (sulfide) groups is 1. The molecule has 0 saturated carbocycles. The zero-order valence-corrected chi connectivity index (χ0v) is 16.1. The van der Waals surface area contributed by atoms with E-state index in [1.807, 2.05) is 30.0 Å². The third-order valence-electron chi connectivity index (χ3n) is 4.45. The van der Waals surface area contributed by atoms with Crippen molar-refractivity contribution in [3.05, 3.63) is 53.6 Å². The Labute approximate surface area is 159 Å². The van der Waals surface area contributed by atoms with Crippen molar-refractivity contribution in [2.75, 3.05) is 19.5 Å². The predicted octanol–water partition coefficient (Wildman–Crippen LogP) is 4.84. The second kappa shape index (κ2) is 8.99. The van der Waals surface area contributed by atoms with Crippen LogP contribution in [0.2, 0.25) is 0 Å². The lowest BCUT2D eigenvalue weighted by Crippen LogP contribution is -2.30. The summed E-state index contributed by atoms with van der Waals surface area (Å²) in [7, 11) is 1.60. The quantitative estimate of drug-likeness (QED) is 0.708. The van der Waals surface area contributed by atoms with Gasteiger partial charge in [-0.2, -0.15) is 0 Å². The molecule has 1 aliphatic rings. The number of carbonyl (C=O) groups excluding carboxylic acids is 1. The SMILES string of the molecule is CCCCOc1ccc(C(=O)NC2CCSc3ccccc32)cc1OC. The summed E-state index contributed by atoms with van der Waals surface area (Å²) in [6.07, 6.45) is 3.00. The van der Waals surface area contributed by atoms with Crippen molar-refractivity contribution in [2.24, 2.45) is 0 Å². The van der Waals surface area contributed by atoms with E-state index < -0.39 is 0 Å². The van der Waals surface area contributed by atoms with Gasteiger partial charge in [-0.15, -0.1) is 11.8 Å². The van der Waals surface area contributed by atoms with Gasteiger partial charge in [0.25, 0.3) is 5.91 Å². The fraction of sp³-hybridized carbons (Fsp3) is 0.381. The van der Waals surface area contributed by atoms with E-state index >= 15 is 0 Å². The summed E-state index contributed by atoms with van der Waals surface area (Å²) in [5.41, 5.74) is 1.78. The molecule has 26 heavy (non-hydrogen) atoms. The summed E-state index contributed by atoms with van der Waals surface area (Å²) in [5.74, 6) is 2.19. The molecule has 0 fully saturated rings. The van der Waals surface area contributed by atoms with Crippen LogP contribution in [0.5, 0.6) is 11.5 Å². The molecule has 0 aliphatic carbocycles. The van der Waals surface area contributed by atoms with Crippen LogP contribution in [0.1, 0.15) is 48.1 Å². The maximum Gasteiger partial charge on any atom is 0.251 e. The van der Waals surface area contributed by atoms with E-state index in [1.54, 1.807) is 19.2 Å². The van der Waals surface area contributed by atoms with Crippen molar-refractivity contribution in [1.82, 2.24) is 5.32 Å². The highest BCUT2D eigenvalue weighted by Gasteiger charge is 2.22. The van der Waals surface area contributed by atoms with Crippen LogP contribution in [0.15, 0.2) is 47.4 Å². The average Bonchev–Trinajstić information content (AvgIpc) is 2.68. The van der Waals surface area contributed by atoms with Gasteiger partial charge in [0.2, 0.25) is 0 Å². The van der Waals surface area contributed by atoms with Crippen molar-refractivity contribution in [1.29, 1.82) is 0 Å². The molecule has 0 aromatic heterocycles. The van der Waals surface area contributed by atoms with Crippen molar-refractivity contribution in [3.63, 3.8) is 0 Å². The summed E-state index contributed by atoms with van der Waals surface area (Å²) < 4.78 is 11.1. The maximum atomic E-state index is 12.7. The largest absolute Gasteiger partial charge is 0.493 e. The van der Waals surface area contributed by atoms with Gasteiger partial charge in [-0.1, -0.05) is 31.5 Å². The second-order valence-electron chi connectivity index (χ2n) is 6.27. The Hall–Kier alpha value is -2.14. The molecule has 0 spiro atoms. The van der Waals surface area contributed by atoms with E-state index in [0.717, 1.165) is 25.0 Å². The summed E-state index contributed by atoms with van der Waals surface area (Å²) >= 11 is 1.84. The van der Waals surface area contributed by atoms with E-state index in [0.29, 0.717) is 23.7 Å². The van der Waals surface area contributed by atoms with Crippen molar-refractivity contribution >= 4 is 17.7 Å². The lowest BCUT2D eigenvalue weighted by Gasteiger charge is -2.26. The molecular formula is C21H25NO3S. The molecule has 2 aromatic rings. The molecule has 1 heterocycles. The lowest BCUT2D eigenvalue weighted by molar-refractivity contribution is 0.0934. The summed E-state index contributed by atoms with van der Waals surface area (Å²) in [5, 5.41) is 3.17. The van der Waals surface area contributed by atoms with Crippen LogP contribution < -0.4 is 14.8 Å². The highest BCUT2D eigenvalue weighted by molar-refractivity contribution is 7.99. The minimum atomic E-state index is -0.0879. The van der Waals surface area contributed by atoms with Gasteiger partial charge < -0.3 is 14.8 Å². The van der Waals surface area contributed by atoms with Crippen molar-refractivity contribution in [3.8, 4) is 11.5 Å². The Morgan fingerprint density at radius 2 is 2.08 bits per heavy atom. The molecule has 3 rings (SSSR count). The molecule has 4 nitrogen and oxygen atoms in total. The van der Waals surface area contributed by atoms with E-state index in [9.17, 15) is 4.79 Å². The average molecular weight is 372 g/mol. The molecule has 2 aromatic carbocycles. The number of rotatable bonds is 7. The monoisotopic (exact) mass is 371 g/mol. The Kier molecular flexibility index (Phi) is 6.45. The van der Waals surface area contributed by atoms with Gasteiger partial charge >= 0.3 is 0 Å². The molecule has 0 saturated heterocycles. The van der Waals surface area contributed by atoms with Gasteiger partial charge in [0, 0.05) is 16.2 Å². The smallest absolute Gasteiger partial charge is 0.251 e. The second-order valence-corrected chi connectivity index (χ2v) is 7.41. The van der Waals surface area contributed by atoms with E-state index in [-0.39, 0.29) is 11.9 Å². The van der Waals surface area contributed by atoms with Gasteiger partial charge in [-0.25, -0.2) is 0 Å². The van der Waals surface area contributed by atoms with Crippen LogP contribution in [0, 0.1) is 0 Å². The first-order valence-corrected chi connectivity index (χ1v) is 10.0. The number of hydrogen-bond acceptors (Lipinski definition) is 4. The minimum absolute atomic E-state index is 0.0476. The Morgan fingerprint density at radius 1 is 1.23 bits per heavy atom. The molecule has 1 amide bonds. The Balaban J connectivity index is 1.72. The van der Waals surface area contributed by atoms with Gasteiger partial charge in [-0.3, -0.25) is 4.79 Å². The van der Waals surface area contributed by atoms with Gasteiger partial charge in [0.1, 0.15) is 0 Å². The standard InChI is InChI=1S/C21H25NO3S/c1-3-4-12-25-18-10-9-15(14-19(18)24-2)21(23)22-17-11-13-26-20-8-6-5-7-16(17)20/h5-10,14,17H,3-4,11-13H2,1-2H3,(H,22,23). The predicted molar refractivity (Wildman–Crippen MR) is 105 cm³/mol. The third-order valence-corrected chi connectivity index (χ3v) is 5.57. The van der Waals surface area contributed by atoms with Gasteiger partial charge in [0.05, 0.1) is 19.8 Å².